The molecule has 0 bridgehead atoms. The molecule has 0 atom stereocenters. The van der Waals surface area contributed by atoms with Gasteiger partial charge in [0.2, 0.25) is 5.95 Å². The molecule has 110 valence electrons. The average molecular weight is 296 g/mol. The molecular formula is C15H13FN6. The number of nitrogens with zero attached hydrogens (tertiary/aromatic N) is 4. The molecule has 2 N–H and O–H groups in total. The fourth-order valence-corrected chi connectivity index (χ4v) is 1.82. The van der Waals surface area contributed by atoms with Gasteiger partial charge in [-0.3, -0.25) is 4.98 Å². The molecule has 3 rings (SSSR count). The van der Waals surface area contributed by atoms with Gasteiger partial charge in [0.1, 0.15) is 5.82 Å². The van der Waals surface area contributed by atoms with Crippen LogP contribution in [0.15, 0.2) is 54.9 Å². The minimum Gasteiger partial charge on any atom is -0.363 e. The van der Waals surface area contributed by atoms with Crippen molar-refractivity contribution in [3.63, 3.8) is 0 Å². The quantitative estimate of drug-likeness (QED) is 0.754. The maximum absolute atomic E-state index is 13.1. The standard InChI is InChI=1S/C15H13FN6/c16-11-4-3-6-12(8-11)20-15-21-14(10-19-22-15)18-9-13-5-1-2-7-17-13/h1-8,10H,9H2,(H2,18,20,21,22). The lowest BCUT2D eigenvalue weighted by molar-refractivity contribution is 0.628. The number of hydrogen-bond acceptors (Lipinski definition) is 6. The predicted octanol–water partition coefficient (Wildman–Crippen LogP) is 2.76. The Morgan fingerprint density at radius 2 is 2.05 bits per heavy atom. The summed E-state index contributed by atoms with van der Waals surface area (Å²) in [6.45, 7) is 0.527. The van der Waals surface area contributed by atoms with E-state index in [1.165, 1.54) is 18.3 Å². The minimum absolute atomic E-state index is 0.289. The zero-order chi connectivity index (χ0) is 15.2. The van der Waals surface area contributed by atoms with Crippen LogP contribution < -0.4 is 10.6 Å². The van der Waals surface area contributed by atoms with Gasteiger partial charge in [-0.1, -0.05) is 12.1 Å². The highest BCUT2D eigenvalue weighted by Crippen LogP contribution is 2.14. The summed E-state index contributed by atoms with van der Waals surface area (Å²) in [6, 6.07) is 11.7. The number of halogens is 1. The number of hydrogen-bond donors (Lipinski definition) is 2. The summed E-state index contributed by atoms with van der Waals surface area (Å²) < 4.78 is 13.1. The maximum Gasteiger partial charge on any atom is 0.249 e. The summed E-state index contributed by atoms with van der Waals surface area (Å²) in [6.07, 6.45) is 3.24. The number of benzene rings is 1. The molecule has 0 aliphatic rings. The molecule has 0 aliphatic heterocycles. The van der Waals surface area contributed by atoms with Crippen molar-refractivity contribution in [3.8, 4) is 0 Å². The van der Waals surface area contributed by atoms with Crippen LogP contribution in [0.3, 0.4) is 0 Å². The summed E-state index contributed by atoms with van der Waals surface area (Å²) in [5, 5.41) is 13.7. The average Bonchev–Trinajstić information content (AvgIpc) is 2.54. The summed E-state index contributed by atoms with van der Waals surface area (Å²) >= 11 is 0. The molecule has 22 heavy (non-hydrogen) atoms. The van der Waals surface area contributed by atoms with Gasteiger partial charge in [0.25, 0.3) is 0 Å². The predicted molar refractivity (Wildman–Crippen MR) is 81.1 cm³/mol. The fourth-order valence-electron chi connectivity index (χ4n) is 1.82. The molecule has 2 aromatic heterocycles. The zero-order valence-corrected chi connectivity index (χ0v) is 11.6. The van der Waals surface area contributed by atoms with Crippen molar-refractivity contribution < 1.29 is 4.39 Å². The van der Waals surface area contributed by atoms with Gasteiger partial charge in [0.15, 0.2) is 5.82 Å². The van der Waals surface area contributed by atoms with E-state index in [-0.39, 0.29) is 11.8 Å². The van der Waals surface area contributed by atoms with Crippen molar-refractivity contribution in [3.05, 3.63) is 66.4 Å². The number of pyridine rings is 1. The Morgan fingerprint density at radius 1 is 1.09 bits per heavy atom. The molecular weight excluding hydrogens is 283 g/mol. The van der Waals surface area contributed by atoms with E-state index in [2.05, 4.69) is 30.8 Å². The van der Waals surface area contributed by atoms with E-state index in [4.69, 9.17) is 0 Å². The van der Waals surface area contributed by atoms with Crippen LogP contribution in [0, 0.1) is 5.82 Å². The van der Waals surface area contributed by atoms with E-state index in [1.54, 1.807) is 18.3 Å². The third kappa shape index (κ3) is 3.72. The van der Waals surface area contributed by atoms with Crippen molar-refractivity contribution in [2.24, 2.45) is 0 Å². The molecule has 0 saturated heterocycles. The fraction of sp³-hybridized carbons (Fsp3) is 0.0667. The Balaban J connectivity index is 1.67. The van der Waals surface area contributed by atoms with Crippen LogP contribution in [0.1, 0.15) is 5.69 Å². The van der Waals surface area contributed by atoms with E-state index in [0.29, 0.717) is 18.1 Å². The lowest BCUT2D eigenvalue weighted by Gasteiger charge is -2.07. The molecule has 0 unspecified atom stereocenters. The lowest BCUT2D eigenvalue weighted by atomic mass is 10.3. The second-order valence-electron chi connectivity index (χ2n) is 4.48. The van der Waals surface area contributed by atoms with Gasteiger partial charge in [0.05, 0.1) is 18.4 Å². The molecule has 0 amide bonds. The molecule has 2 heterocycles. The van der Waals surface area contributed by atoms with Crippen LogP contribution in [-0.4, -0.2) is 20.2 Å². The van der Waals surface area contributed by atoms with Crippen LogP contribution >= 0.6 is 0 Å². The molecule has 6 nitrogen and oxygen atoms in total. The van der Waals surface area contributed by atoms with Gasteiger partial charge < -0.3 is 10.6 Å². The maximum atomic E-state index is 13.1. The molecule has 3 aromatic rings. The zero-order valence-electron chi connectivity index (χ0n) is 11.6. The van der Waals surface area contributed by atoms with Crippen molar-refractivity contribution in [1.29, 1.82) is 0 Å². The van der Waals surface area contributed by atoms with Gasteiger partial charge in [-0.15, -0.1) is 5.10 Å². The summed E-state index contributed by atoms with van der Waals surface area (Å²) in [7, 11) is 0. The topological polar surface area (TPSA) is 75.6 Å². The monoisotopic (exact) mass is 296 g/mol. The van der Waals surface area contributed by atoms with E-state index in [0.717, 1.165) is 5.69 Å². The van der Waals surface area contributed by atoms with E-state index in [1.807, 2.05) is 18.2 Å². The Hall–Kier alpha value is -3.09. The number of aromatic nitrogens is 4. The second-order valence-corrected chi connectivity index (χ2v) is 4.48. The van der Waals surface area contributed by atoms with Gasteiger partial charge in [-0.25, -0.2) is 4.39 Å². The van der Waals surface area contributed by atoms with Crippen LogP contribution in [0.5, 0.6) is 0 Å². The van der Waals surface area contributed by atoms with Crippen molar-refractivity contribution in [2.75, 3.05) is 10.6 Å². The Kier molecular flexibility index (Phi) is 4.15. The number of anilines is 3. The van der Waals surface area contributed by atoms with Crippen LogP contribution in [0.2, 0.25) is 0 Å². The first-order chi connectivity index (χ1) is 10.8. The van der Waals surface area contributed by atoms with Gasteiger partial charge in [-0.2, -0.15) is 10.1 Å². The van der Waals surface area contributed by atoms with Crippen molar-refractivity contribution >= 4 is 17.5 Å². The number of rotatable bonds is 5. The highest BCUT2D eigenvalue weighted by molar-refractivity contribution is 5.53. The summed E-state index contributed by atoms with van der Waals surface area (Å²) in [5.74, 6) is 0.513. The van der Waals surface area contributed by atoms with Gasteiger partial charge in [0, 0.05) is 11.9 Å². The number of nitrogens with one attached hydrogen (secondary N) is 2. The highest BCUT2D eigenvalue weighted by atomic mass is 19.1. The molecule has 0 radical (unpaired) electrons. The largest absolute Gasteiger partial charge is 0.363 e. The highest BCUT2D eigenvalue weighted by Gasteiger charge is 2.02. The van der Waals surface area contributed by atoms with E-state index < -0.39 is 0 Å². The van der Waals surface area contributed by atoms with Crippen molar-refractivity contribution in [1.82, 2.24) is 20.2 Å². The molecule has 0 fully saturated rings. The molecule has 0 spiro atoms. The first-order valence-electron chi connectivity index (χ1n) is 6.66. The van der Waals surface area contributed by atoms with Crippen LogP contribution in [0.4, 0.5) is 21.8 Å². The molecule has 1 aromatic carbocycles. The van der Waals surface area contributed by atoms with E-state index >= 15 is 0 Å². The Bertz CT molecular complexity index is 750. The van der Waals surface area contributed by atoms with Gasteiger partial charge in [-0.05, 0) is 30.3 Å². The smallest absolute Gasteiger partial charge is 0.249 e. The first kappa shape index (κ1) is 13.9. The SMILES string of the molecule is Fc1cccc(Nc2nncc(NCc3ccccn3)n2)c1. The van der Waals surface area contributed by atoms with E-state index in [9.17, 15) is 4.39 Å². The van der Waals surface area contributed by atoms with Gasteiger partial charge >= 0.3 is 0 Å². The summed E-state index contributed by atoms with van der Waals surface area (Å²) in [4.78, 5) is 8.48. The Morgan fingerprint density at radius 3 is 2.86 bits per heavy atom. The molecule has 7 heteroatoms. The lowest BCUT2D eigenvalue weighted by Crippen LogP contribution is -2.06. The third-order valence-electron chi connectivity index (χ3n) is 2.82. The molecule has 0 saturated carbocycles. The summed E-state index contributed by atoms with van der Waals surface area (Å²) in [5.41, 5.74) is 1.45. The van der Waals surface area contributed by atoms with Crippen molar-refractivity contribution in [2.45, 2.75) is 6.54 Å². The molecule has 0 aliphatic carbocycles. The van der Waals surface area contributed by atoms with Crippen LogP contribution in [0.25, 0.3) is 0 Å². The second kappa shape index (κ2) is 6.57. The third-order valence-corrected chi connectivity index (χ3v) is 2.82. The Labute approximate surface area is 126 Å². The normalized spacial score (nSPS) is 10.2. The first-order valence-corrected chi connectivity index (χ1v) is 6.66. The van der Waals surface area contributed by atoms with Crippen LogP contribution in [-0.2, 0) is 6.54 Å². The minimum atomic E-state index is -0.331.